The standard InChI is InChI=1S/C19H22ClN5O2S/c20-14-7-5-12(6-8-14)11-28-19-22-18(23-24-19)21-17(27)13-9-16(26)25(10-13)15-3-1-2-4-15/h5-8,13,15H,1-4,9-11H2,(H2,21,22,23,24,27). The van der Waals surface area contributed by atoms with Gasteiger partial charge in [-0.25, -0.2) is 5.10 Å². The number of hydrogen-bond acceptors (Lipinski definition) is 5. The van der Waals surface area contributed by atoms with Crippen LogP contribution in [-0.2, 0) is 15.3 Å². The van der Waals surface area contributed by atoms with Crippen LogP contribution in [0, 0.1) is 5.92 Å². The molecule has 2 aromatic rings. The van der Waals surface area contributed by atoms with Gasteiger partial charge in [0.2, 0.25) is 22.9 Å². The third kappa shape index (κ3) is 4.50. The Kier molecular flexibility index (Phi) is 5.87. The molecule has 9 heteroatoms. The predicted molar refractivity (Wildman–Crippen MR) is 108 cm³/mol. The number of nitrogens with one attached hydrogen (secondary N) is 2. The van der Waals surface area contributed by atoms with Crippen molar-refractivity contribution < 1.29 is 9.59 Å². The Morgan fingerprint density at radius 2 is 2.04 bits per heavy atom. The number of thioether (sulfide) groups is 1. The Bertz CT molecular complexity index is 850. The number of halogens is 1. The second kappa shape index (κ2) is 8.53. The van der Waals surface area contributed by atoms with Crippen molar-refractivity contribution in [2.75, 3.05) is 11.9 Å². The molecule has 4 rings (SSSR count). The minimum atomic E-state index is -0.330. The van der Waals surface area contributed by atoms with Crippen LogP contribution in [0.15, 0.2) is 29.4 Å². The van der Waals surface area contributed by atoms with E-state index in [0.29, 0.717) is 34.5 Å². The van der Waals surface area contributed by atoms with Crippen LogP contribution in [0.5, 0.6) is 0 Å². The molecule has 1 saturated heterocycles. The molecule has 1 aromatic carbocycles. The van der Waals surface area contributed by atoms with Crippen molar-refractivity contribution in [2.45, 2.75) is 49.1 Å². The lowest BCUT2D eigenvalue weighted by Gasteiger charge is -2.23. The van der Waals surface area contributed by atoms with E-state index in [0.717, 1.165) is 18.4 Å². The lowest BCUT2D eigenvalue weighted by atomic mass is 10.1. The molecule has 2 N–H and O–H groups in total. The largest absolute Gasteiger partial charge is 0.339 e. The number of hydrogen-bond donors (Lipinski definition) is 2. The lowest BCUT2D eigenvalue weighted by molar-refractivity contribution is -0.129. The van der Waals surface area contributed by atoms with Crippen molar-refractivity contribution in [1.82, 2.24) is 20.1 Å². The van der Waals surface area contributed by atoms with Crippen molar-refractivity contribution in [1.29, 1.82) is 0 Å². The molecule has 2 aliphatic rings. The molecule has 7 nitrogen and oxygen atoms in total. The van der Waals surface area contributed by atoms with Gasteiger partial charge in [0.15, 0.2) is 0 Å². The summed E-state index contributed by atoms with van der Waals surface area (Å²) >= 11 is 7.36. The van der Waals surface area contributed by atoms with Crippen molar-refractivity contribution in [2.24, 2.45) is 5.92 Å². The normalized spacial score (nSPS) is 20.1. The van der Waals surface area contributed by atoms with Gasteiger partial charge in [0.05, 0.1) is 5.92 Å². The minimum absolute atomic E-state index is 0.0869. The highest BCUT2D eigenvalue weighted by Crippen LogP contribution is 2.30. The van der Waals surface area contributed by atoms with E-state index in [1.807, 2.05) is 29.2 Å². The molecule has 28 heavy (non-hydrogen) atoms. The van der Waals surface area contributed by atoms with Gasteiger partial charge in [-0.1, -0.05) is 48.3 Å². The van der Waals surface area contributed by atoms with Crippen LogP contribution >= 0.6 is 23.4 Å². The van der Waals surface area contributed by atoms with Gasteiger partial charge >= 0.3 is 0 Å². The summed E-state index contributed by atoms with van der Waals surface area (Å²) in [6, 6.07) is 7.92. The number of aromatic amines is 1. The third-order valence-corrected chi connectivity index (χ3v) is 6.45. The summed E-state index contributed by atoms with van der Waals surface area (Å²) in [5.41, 5.74) is 1.11. The van der Waals surface area contributed by atoms with Crippen molar-refractivity contribution in [3.05, 3.63) is 34.9 Å². The summed E-state index contributed by atoms with van der Waals surface area (Å²) in [4.78, 5) is 31.0. The van der Waals surface area contributed by atoms with Gasteiger partial charge in [-0.3, -0.25) is 14.9 Å². The number of likely N-dealkylation sites (tertiary alicyclic amines) is 1. The zero-order chi connectivity index (χ0) is 19.5. The summed E-state index contributed by atoms with van der Waals surface area (Å²) in [5.74, 6) is 0.595. The van der Waals surface area contributed by atoms with E-state index in [2.05, 4.69) is 20.5 Å². The summed E-state index contributed by atoms with van der Waals surface area (Å²) in [7, 11) is 0. The van der Waals surface area contributed by atoms with E-state index >= 15 is 0 Å². The molecular formula is C19H22ClN5O2S. The van der Waals surface area contributed by atoms with Crippen LogP contribution in [0.25, 0.3) is 0 Å². The molecule has 2 fully saturated rings. The predicted octanol–water partition coefficient (Wildman–Crippen LogP) is 3.48. The van der Waals surface area contributed by atoms with Gasteiger partial charge in [-0.2, -0.15) is 4.98 Å². The fraction of sp³-hybridized carbons (Fsp3) is 0.474. The van der Waals surface area contributed by atoms with Gasteiger partial charge in [0.1, 0.15) is 0 Å². The molecule has 2 heterocycles. The highest BCUT2D eigenvalue weighted by molar-refractivity contribution is 7.98. The molecule has 1 saturated carbocycles. The first-order chi connectivity index (χ1) is 13.6. The molecule has 1 aliphatic heterocycles. The molecule has 1 atom stereocenters. The van der Waals surface area contributed by atoms with Crippen LogP contribution in [-0.4, -0.2) is 44.5 Å². The number of carbonyl (C=O) groups is 2. The van der Waals surface area contributed by atoms with Gasteiger partial charge in [-0.15, -0.1) is 5.10 Å². The fourth-order valence-corrected chi connectivity index (χ4v) is 4.67. The van der Waals surface area contributed by atoms with E-state index < -0.39 is 0 Å². The van der Waals surface area contributed by atoms with E-state index in [4.69, 9.17) is 11.6 Å². The Balaban J connectivity index is 1.29. The first kappa shape index (κ1) is 19.3. The van der Waals surface area contributed by atoms with Crippen molar-refractivity contribution in [3.8, 4) is 0 Å². The average molecular weight is 420 g/mol. The first-order valence-electron chi connectivity index (χ1n) is 9.48. The molecule has 1 aliphatic carbocycles. The average Bonchev–Trinajstić information content (AvgIpc) is 3.42. The Morgan fingerprint density at radius 1 is 1.29 bits per heavy atom. The highest BCUT2D eigenvalue weighted by Gasteiger charge is 2.38. The number of carbonyl (C=O) groups excluding carboxylic acids is 2. The summed E-state index contributed by atoms with van der Waals surface area (Å²) < 4.78 is 0. The van der Waals surface area contributed by atoms with Gasteiger partial charge in [-0.05, 0) is 30.5 Å². The molecule has 0 radical (unpaired) electrons. The van der Waals surface area contributed by atoms with Gasteiger partial charge in [0.25, 0.3) is 0 Å². The van der Waals surface area contributed by atoms with Crippen molar-refractivity contribution in [3.63, 3.8) is 0 Å². The van der Waals surface area contributed by atoms with Crippen LogP contribution < -0.4 is 5.32 Å². The van der Waals surface area contributed by atoms with E-state index in [9.17, 15) is 9.59 Å². The van der Waals surface area contributed by atoms with Crippen LogP contribution in [0.3, 0.4) is 0 Å². The van der Waals surface area contributed by atoms with Crippen LogP contribution in [0.4, 0.5) is 5.95 Å². The number of H-pyrrole nitrogens is 1. The molecule has 0 spiro atoms. The number of benzene rings is 1. The quantitative estimate of drug-likeness (QED) is 0.699. The minimum Gasteiger partial charge on any atom is -0.339 e. The monoisotopic (exact) mass is 419 g/mol. The zero-order valence-electron chi connectivity index (χ0n) is 15.4. The van der Waals surface area contributed by atoms with Gasteiger partial charge < -0.3 is 4.90 Å². The molecular weight excluding hydrogens is 398 g/mol. The Labute approximate surface area is 172 Å². The lowest BCUT2D eigenvalue weighted by Crippen LogP contribution is -2.35. The number of aromatic nitrogens is 3. The number of nitrogens with zero attached hydrogens (tertiary/aromatic N) is 3. The number of anilines is 1. The fourth-order valence-electron chi connectivity index (χ4n) is 3.79. The Morgan fingerprint density at radius 3 is 2.79 bits per heavy atom. The Hall–Kier alpha value is -2.06. The first-order valence-corrected chi connectivity index (χ1v) is 10.8. The van der Waals surface area contributed by atoms with E-state index in [1.165, 1.54) is 24.6 Å². The summed E-state index contributed by atoms with van der Waals surface area (Å²) in [5, 5.41) is 10.9. The maximum Gasteiger partial charge on any atom is 0.232 e. The van der Waals surface area contributed by atoms with Crippen molar-refractivity contribution >= 4 is 41.1 Å². The molecule has 148 valence electrons. The summed E-state index contributed by atoms with van der Waals surface area (Å²) in [6.45, 7) is 0.502. The smallest absolute Gasteiger partial charge is 0.232 e. The molecule has 1 aromatic heterocycles. The molecule has 1 unspecified atom stereocenters. The maximum absolute atomic E-state index is 12.5. The third-order valence-electron chi connectivity index (χ3n) is 5.28. The zero-order valence-corrected chi connectivity index (χ0v) is 16.9. The van der Waals surface area contributed by atoms with Crippen LogP contribution in [0.2, 0.25) is 5.02 Å². The topological polar surface area (TPSA) is 91.0 Å². The maximum atomic E-state index is 12.5. The number of rotatable bonds is 6. The summed E-state index contributed by atoms with van der Waals surface area (Å²) in [6.07, 6.45) is 4.71. The second-order valence-corrected chi connectivity index (χ2v) is 8.64. The van der Waals surface area contributed by atoms with Crippen LogP contribution in [0.1, 0.15) is 37.7 Å². The SMILES string of the molecule is O=C(Nc1nc(SCc2ccc(Cl)cc2)n[nH]1)C1CC(=O)N(C2CCCC2)C1. The van der Waals surface area contributed by atoms with E-state index in [1.54, 1.807) is 0 Å². The molecule has 2 amide bonds. The van der Waals surface area contributed by atoms with E-state index in [-0.39, 0.29) is 24.2 Å². The molecule has 0 bridgehead atoms. The highest BCUT2D eigenvalue weighted by atomic mass is 35.5. The van der Waals surface area contributed by atoms with Gasteiger partial charge in [0, 0.05) is 29.8 Å². The second-order valence-electron chi connectivity index (χ2n) is 7.26. The number of amides is 2.